The van der Waals surface area contributed by atoms with E-state index < -0.39 is 11.9 Å². The number of carbonyl (C=O) groups is 2. The number of nitrogens with one attached hydrogen (secondary N) is 3. The molecule has 0 saturated heterocycles. The van der Waals surface area contributed by atoms with Gasteiger partial charge in [0.15, 0.2) is 0 Å². The predicted molar refractivity (Wildman–Crippen MR) is 108 cm³/mol. The van der Waals surface area contributed by atoms with Crippen LogP contribution in [0.1, 0.15) is 6.42 Å². The average Bonchev–Trinajstić information content (AvgIpc) is 2.72. The molecule has 2 aromatic carbocycles. The zero-order valence-corrected chi connectivity index (χ0v) is 15.7. The first kappa shape index (κ1) is 19.8. The molecule has 0 fully saturated rings. The quantitative estimate of drug-likeness (QED) is 0.513. The van der Waals surface area contributed by atoms with Crippen molar-refractivity contribution in [1.29, 1.82) is 0 Å². The van der Waals surface area contributed by atoms with Gasteiger partial charge in [0, 0.05) is 6.54 Å². The van der Waals surface area contributed by atoms with Gasteiger partial charge in [-0.3, -0.25) is 4.79 Å². The highest BCUT2D eigenvalue weighted by Crippen LogP contribution is 2.23. The van der Waals surface area contributed by atoms with Crippen molar-refractivity contribution in [3.63, 3.8) is 0 Å². The smallest absolute Gasteiger partial charge is 0.323 e. The molecule has 0 atom stereocenters. The third kappa shape index (κ3) is 5.52. The Kier molecular flexibility index (Phi) is 6.36. The van der Waals surface area contributed by atoms with E-state index in [4.69, 9.17) is 15.2 Å². The van der Waals surface area contributed by atoms with Gasteiger partial charge >= 0.3 is 6.03 Å². The molecule has 1 aliphatic rings. The number of benzene rings is 2. The second kappa shape index (κ2) is 9.32. The molecule has 0 radical (unpaired) electrons. The van der Waals surface area contributed by atoms with Crippen LogP contribution in [0.15, 0.2) is 78.3 Å². The van der Waals surface area contributed by atoms with Gasteiger partial charge in [-0.25, -0.2) is 4.79 Å². The molecule has 2 aromatic rings. The van der Waals surface area contributed by atoms with Crippen LogP contribution in [0.5, 0.6) is 17.2 Å². The van der Waals surface area contributed by atoms with Crippen molar-refractivity contribution in [2.75, 3.05) is 13.2 Å². The van der Waals surface area contributed by atoms with E-state index >= 15 is 0 Å². The van der Waals surface area contributed by atoms with E-state index in [2.05, 4.69) is 22.5 Å². The second-order valence-electron chi connectivity index (χ2n) is 6.19. The van der Waals surface area contributed by atoms with E-state index in [9.17, 15) is 9.59 Å². The van der Waals surface area contributed by atoms with Crippen LogP contribution < -0.4 is 31.2 Å². The number of hydrogen-bond acceptors (Lipinski definition) is 5. The molecule has 0 aromatic heterocycles. The van der Waals surface area contributed by atoms with E-state index in [1.165, 1.54) is 0 Å². The van der Waals surface area contributed by atoms with Crippen LogP contribution in [0, 0.1) is 0 Å². The van der Waals surface area contributed by atoms with Crippen LogP contribution in [0.4, 0.5) is 4.79 Å². The highest BCUT2D eigenvalue weighted by atomic mass is 16.5. The minimum absolute atomic E-state index is 0.00586. The Balaban J connectivity index is 1.39. The molecule has 5 N–H and O–H groups in total. The van der Waals surface area contributed by atoms with Gasteiger partial charge in [-0.05, 0) is 42.8 Å². The number of ether oxygens (including phenoxy) is 2. The molecule has 0 spiro atoms. The molecule has 8 heteroatoms. The van der Waals surface area contributed by atoms with Crippen molar-refractivity contribution in [2.24, 2.45) is 5.73 Å². The fourth-order valence-corrected chi connectivity index (χ4v) is 2.53. The number of urea groups is 1. The monoisotopic (exact) mass is 394 g/mol. The van der Waals surface area contributed by atoms with E-state index in [1.807, 2.05) is 54.6 Å². The van der Waals surface area contributed by atoms with Crippen LogP contribution in [0.3, 0.4) is 0 Å². The summed E-state index contributed by atoms with van der Waals surface area (Å²) < 4.78 is 11.4. The third-order valence-corrected chi connectivity index (χ3v) is 4.00. The molecule has 0 unspecified atom stereocenters. The Bertz CT molecular complexity index is 923. The lowest BCUT2D eigenvalue weighted by Gasteiger charge is -2.20. The summed E-state index contributed by atoms with van der Waals surface area (Å²) in [6.07, 6.45) is 0.578. The lowest BCUT2D eigenvalue weighted by molar-refractivity contribution is -0.117. The normalized spacial score (nSPS) is 13.4. The number of nitrogens with two attached hydrogens (primary N) is 1. The first-order valence-corrected chi connectivity index (χ1v) is 9.04. The first-order chi connectivity index (χ1) is 14.0. The maximum Gasteiger partial charge on any atom is 0.323 e. The SMILES string of the molecule is C=C1NC(=O)NC(C(=O)NCCCOc2ccc(Oc3ccccc3)cc2)=C1N. The summed E-state index contributed by atoms with van der Waals surface area (Å²) in [7, 11) is 0. The van der Waals surface area contributed by atoms with Crippen LogP contribution in [-0.4, -0.2) is 25.1 Å². The lowest BCUT2D eigenvalue weighted by Crippen LogP contribution is -2.47. The molecule has 3 rings (SSSR count). The van der Waals surface area contributed by atoms with E-state index in [1.54, 1.807) is 0 Å². The highest BCUT2D eigenvalue weighted by molar-refractivity contribution is 6.00. The largest absolute Gasteiger partial charge is 0.494 e. The van der Waals surface area contributed by atoms with Gasteiger partial charge in [-0.15, -0.1) is 0 Å². The molecular formula is C21H22N4O4. The average molecular weight is 394 g/mol. The zero-order valence-electron chi connectivity index (χ0n) is 15.7. The number of carbonyl (C=O) groups excluding carboxylic acids is 2. The molecule has 1 aliphatic heterocycles. The third-order valence-electron chi connectivity index (χ3n) is 4.00. The fourth-order valence-electron chi connectivity index (χ4n) is 2.53. The molecule has 8 nitrogen and oxygen atoms in total. The van der Waals surface area contributed by atoms with Crippen molar-refractivity contribution in [2.45, 2.75) is 6.42 Å². The van der Waals surface area contributed by atoms with Crippen LogP contribution in [0.25, 0.3) is 0 Å². The maximum atomic E-state index is 12.1. The van der Waals surface area contributed by atoms with E-state index in [-0.39, 0.29) is 17.1 Å². The summed E-state index contributed by atoms with van der Waals surface area (Å²) in [6.45, 7) is 4.36. The number of hydrogen-bond donors (Lipinski definition) is 4. The van der Waals surface area contributed by atoms with E-state index in [0.29, 0.717) is 31.1 Å². The van der Waals surface area contributed by atoms with Crippen molar-refractivity contribution < 1.29 is 19.1 Å². The standard InChI is InChI=1S/C21H22N4O4/c1-14-18(22)19(25-21(27)24-14)20(26)23-12-5-13-28-15-8-10-17(11-9-15)29-16-6-3-2-4-7-16/h2-4,6-11H,1,5,12-13,22H2,(H,23,26)(H2,24,25,27). The molecule has 3 amide bonds. The molecule has 0 saturated carbocycles. The minimum Gasteiger partial charge on any atom is -0.494 e. The van der Waals surface area contributed by atoms with Crippen LogP contribution in [-0.2, 0) is 4.79 Å². The van der Waals surface area contributed by atoms with Crippen molar-refractivity contribution in [3.8, 4) is 17.2 Å². The Hall–Kier alpha value is -3.94. The number of para-hydroxylation sites is 1. The summed E-state index contributed by atoms with van der Waals surface area (Å²) >= 11 is 0. The molecule has 1 heterocycles. The van der Waals surface area contributed by atoms with Gasteiger partial charge in [-0.1, -0.05) is 24.8 Å². The molecular weight excluding hydrogens is 372 g/mol. The minimum atomic E-state index is -0.544. The van der Waals surface area contributed by atoms with Gasteiger partial charge in [0.2, 0.25) is 0 Å². The van der Waals surface area contributed by atoms with Gasteiger partial charge in [0.05, 0.1) is 18.0 Å². The molecule has 150 valence electrons. The summed E-state index contributed by atoms with van der Waals surface area (Å²) in [6, 6.07) is 16.3. The Labute approximate surface area is 168 Å². The molecule has 29 heavy (non-hydrogen) atoms. The van der Waals surface area contributed by atoms with Gasteiger partial charge < -0.3 is 31.2 Å². The Morgan fingerprint density at radius 1 is 1.00 bits per heavy atom. The van der Waals surface area contributed by atoms with Gasteiger partial charge in [0.25, 0.3) is 5.91 Å². The summed E-state index contributed by atoms with van der Waals surface area (Å²) in [5.41, 5.74) is 6.06. The van der Waals surface area contributed by atoms with E-state index in [0.717, 1.165) is 5.75 Å². The fraction of sp³-hybridized carbons (Fsp3) is 0.143. The highest BCUT2D eigenvalue weighted by Gasteiger charge is 2.23. The van der Waals surface area contributed by atoms with Gasteiger partial charge in [-0.2, -0.15) is 0 Å². The van der Waals surface area contributed by atoms with Crippen LogP contribution >= 0.6 is 0 Å². The van der Waals surface area contributed by atoms with Gasteiger partial charge in [0.1, 0.15) is 22.9 Å². The topological polar surface area (TPSA) is 115 Å². The number of rotatable bonds is 8. The number of amides is 3. The van der Waals surface area contributed by atoms with Crippen molar-refractivity contribution in [1.82, 2.24) is 16.0 Å². The molecule has 0 bridgehead atoms. The summed E-state index contributed by atoms with van der Waals surface area (Å²) in [5, 5.41) is 7.45. The predicted octanol–water partition coefficient (Wildman–Crippen LogP) is 2.36. The first-order valence-electron chi connectivity index (χ1n) is 9.04. The Morgan fingerprint density at radius 2 is 1.66 bits per heavy atom. The zero-order chi connectivity index (χ0) is 20.6. The summed E-state index contributed by atoms with van der Waals surface area (Å²) in [4.78, 5) is 23.5. The van der Waals surface area contributed by atoms with Crippen LogP contribution in [0.2, 0.25) is 0 Å². The lowest BCUT2D eigenvalue weighted by atomic mass is 10.2. The summed E-state index contributed by atoms with van der Waals surface area (Å²) in [5.74, 6) is 1.71. The van der Waals surface area contributed by atoms with Crippen molar-refractivity contribution in [3.05, 3.63) is 78.3 Å². The van der Waals surface area contributed by atoms with Crippen molar-refractivity contribution >= 4 is 11.9 Å². The maximum absolute atomic E-state index is 12.1. The molecule has 0 aliphatic carbocycles. The second-order valence-corrected chi connectivity index (χ2v) is 6.19. The Morgan fingerprint density at radius 3 is 2.38 bits per heavy atom.